The van der Waals surface area contributed by atoms with Crippen LogP contribution in [0.15, 0.2) is 41.8 Å². The van der Waals surface area contributed by atoms with Gasteiger partial charge in [0.05, 0.1) is 17.0 Å². The van der Waals surface area contributed by atoms with E-state index in [1.807, 2.05) is 0 Å². The lowest BCUT2D eigenvalue weighted by Gasteiger charge is -2.58. The number of amides is 2. The lowest BCUT2D eigenvalue weighted by molar-refractivity contribution is -0.145. The van der Waals surface area contributed by atoms with E-state index in [-0.39, 0.29) is 29.7 Å². The van der Waals surface area contributed by atoms with E-state index in [0.717, 1.165) is 32.1 Å². The Balaban J connectivity index is 1.36. The van der Waals surface area contributed by atoms with Crippen molar-refractivity contribution in [3.05, 3.63) is 47.3 Å². The number of hydrogen-bond acceptors (Lipinski definition) is 5. The Kier molecular flexibility index (Phi) is 5.15. The van der Waals surface area contributed by atoms with Gasteiger partial charge in [0.2, 0.25) is 5.91 Å². The van der Waals surface area contributed by atoms with E-state index in [0.29, 0.717) is 22.2 Å². The van der Waals surface area contributed by atoms with E-state index in [2.05, 4.69) is 5.32 Å². The number of hydrogen-bond donors (Lipinski definition) is 2. The van der Waals surface area contributed by atoms with E-state index >= 15 is 0 Å². The molecule has 2 aromatic rings. The van der Waals surface area contributed by atoms with Crippen molar-refractivity contribution in [2.45, 2.75) is 38.1 Å². The molecule has 1 aromatic carbocycles. The highest BCUT2D eigenvalue weighted by Gasteiger charge is 2.58. The van der Waals surface area contributed by atoms with Gasteiger partial charge < -0.3 is 15.6 Å². The van der Waals surface area contributed by atoms with Crippen LogP contribution in [-0.2, 0) is 16.1 Å². The largest absolute Gasteiger partial charge is 0.755 e. The van der Waals surface area contributed by atoms with Crippen LogP contribution in [0.4, 0.5) is 10.7 Å². The summed E-state index contributed by atoms with van der Waals surface area (Å²) in [5.74, 6) is 0.650. The smallest absolute Gasteiger partial charge is 0.251 e. The van der Waals surface area contributed by atoms with E-state index in [1.165, 1.54) is 15.6 Å². The maximum Gasteiger partial charge on any atom is 0.251 e. The molecule has 7 nitrogen and oxygen atoms in total. The maximum absolute atomic E-state index is 13.1. The van der Waals surface area contributed by atoms with Crippen molar-refractivity contribution in [3.8, 4) is 0 Å². The molecule has 4 aliphatic carbocycles. The number of carbonyl (C=O) groups excluding carboxylic acids is 2. The van der Waals surface area contributed by atoms with Crippen molar-refractivity contribution in [2.24, 2.45) is 28.9 Å². The Morgan fingerprint density at radius 1 is 1.16 bits per heavy atom. The molecule has 4 bridgehead atoms. The molecule has 6 rings (SSSR count). The SMILES string of the molecule is NC(=O)C12CC3CC(C1)C(NC(=O)c1cccc(N(c4cccs4)S(=O)[O-])c1)C(C3)C2. The summed E-state index contributed by atoms with van der Waals surface area (Å²) in [4.78, 5) is 25.2. The second-order valence-corrected chi connectivity index (χ2v) is 10.9. The molecule has 4 saturated carbocycles. The summed E-state index contributed by atoms with van der Waals surface area (Å²) in [6, 6.07) is 10.2. The van der Waals surface area contributed by atoms with Crippen molar-refractivity contribution in [1.82, 2.24) is 5.32 Å². The number of anilines is 2. The minimum atomic E-state index is -2.51. The van der Waals surface area contributed by atoms with Crippen LogP contribution in [-0.4, -0.2) is 26.6 Å². The molecule has 1 heterocycles. The number of carbonyl (C=O) groups is 2. The average molecular weight is 459 g/mol. The summed E-state index contributed by atoms with van der Waals surface area (Å²) in [5.41, 5.74) is 6.20. The highest BCUT2D eigenvalue weighted by atomic mass is 32.2. The molecule has 3 N–H and O–H groups in total. The third-order valence-electron chi connectivity index (χ3n) is 7.29. The first-order chi connectivity index (χ1) is 14.9. The quantitative estimate of drug-likeness (QED) is 0.647. The highest BCUT2D eigenvalue weighted by Crippen LogP contribution is 2.59. The molecule has 4 aliphatic rings. The van der Waals surface area contributed by atoms with Gasteiger partial charge in [-0.15, -0.1) is 11.3 Å². The molecule has 0 spiro atoms. The minimum Gasteiger partial charge on any atom is -0.755 e. The zero-order chi connectivity index (χ0) is 21.8. The topological polar surface area (TPSA) is 116 Å². The van der Waals surface area contributed by atoms with Gasteiger partial charge in [0.15, 0.2) is 0 Å². The second-order valence-electron chi connectivity index (χ2n) is 9.13. The third-order valence-corrected chi connectivity index (χ3v) is 8.97. The van der Waals surface area contributed by atoms with Gasteiger partial charge in [0, 0.05) is 17.0 Å². The maximum atomic E-state index is 13.1. The standard InChI is InChI=1S/C22H25N3O4S2/c23-21(27)22-10-13-7-15(11-22)19(16(8-13)12-22)24-20(26)14-3-1-4-17(9-14)25(31(28)29)18-5-2-6-30-18/h1-6,9,13,15-16,19H,7-8,10-12H2,(H2,23,27)(H,24,26)(H,28,29)/p-1. The first-order valence-corrected chi connectivity index (χ1v) is 12.4. The molecular formula is C22H24N3O4S2-. The lowest BCUT2D eigenvalue weighted by atomic mass is 9.47. The van der Waals surface area contributed by atoms with Gasteiger partial charge in [-0.3, -0.25) is 18.1 Å². The molecule has 31 heavy (non-hydrogen) atoms. The van der Waals surface area contributed by atoms with Crippen LogP contribution in [0.3, 0.4) is 0 Å². The van der Waals surface area contributed by atoms with Crippen molar-refractivity contribution >= 4 is 45.1 Å². The van der Waals surface area contributed by atoms with Crippen LogP contribution in [0.25, 0.3) is 0 Å². The van der Waals surface area contributed by atoms with Crippen LogP contribution in [0.1, 0.15) is 42.5 Å². The van der Waals surface area contributed by atoms with E-state index in [1.54, 1.807) is 41.8 Å². The van der Waals surface area contributed by atoms with Gasteiger partial charge in [0.25, 0.3) is 5.91 Å². The Bertz CT molecular complexity index is 1030. The first-order valence-electron chi connectivity index (χ1n) is 10.5. The van der Waals surface area contributed by atoms with E-state index < -0.39 is 16.7 Å². The van der Waals surface area contributed by atoms with Crippen molar-refractivity contribution in [2.75, 3.05) is 4.31 Å². The lowest BCUT2D eigenvalue weighted by Crippen LogP contribution is -2.62. The average Bonchev–Trinajstić information content (AvgIpc) is 3.24. The summed E-state index contributed by atoms with van der Waals surface area (Å²) >= 11 is -1.20. The van der Waals surface area contributed by atoms with E-state index in [4.69, 9.17) is 5.73 Å². The second kappa shape index (κ2) is 7.72. The van der Waals surface area contributed by atoms with Crippen molar-refractivity contribution in [1.29, 1.82) is 0 Å². The molecule has 2 amide bonds. The van der Waals surface area contributed by atoms with Gasteiger partial charge in [-0.2, -0.15) is 0 Å². The number of nitrogens with one attached hydrogen (secondary N) is 1. The Morgan fingerprint density at radius 3 is 2.52 bits per heavy atom. The van der Waals surface area contributed by atoms with Gasteiger partial charge in [0.1, 0.15) is 5.00 Å². The van der Waals surface area contributed by atoms with Crippen molar-refractivity contribution in [3.63, 3.8) is 0 Å². The number of thiophene rings is 1. The predicted molar refractivity (Wildman–Crippen MR) is 118 cm³/mol. The molecule has 1 aromatic heterocycles. The van der Waals surface area contributed by atoms with Crippen LogP contribution in [0.2, 0.25) is 0 Å². The first kappa shape index (κ1) is 20.7. The predicted octanol–water partition coefficient (Wildman–Crippen LogP) is 3.09. The number of benzene rings is 1. The summed E-state index contributed by atoms with van der Waals surface area (Å²) in [6.07, 6.45) is 4.45. The fourth-order valence-electron chi connectivity index (χ4n) is 6.24. The molecule has 9 heteroatoms. The van der Waals surface area contributed by atoms with Crippen LogP contribution in [0.5, 0.6) is 0 Å². The number of nitrogens with zero attached hydrogens (tertiary/aromatic N) is 1. The molecule has 0 aliphatic heterocycles. The van der Waals surface area contributed by atoms with Gasteiger partial charge >= 0.3 is 0 Å². The van der Waals surface area contributed by atoms with Gasteiger partial charge in [-0.1, -0.05) is 6.07 Å². The molecule has 3 atom stereocenters. The summed E-state index contributed by atoms with van der Waals surface area (Å²) in [6.45, 7) is 0. The molecule has 0 saturated heterocycles. The van der Waals surface area contributed by atoms with Gasteiger partial charge in [-0.25, -0.2) is 0 Å². The fourth-order valence-corrected chi connectivity index (χ4v) is 7.70. The Labute approximate surface area is 187 Å². The normalized spacial score (nSPS) is 31.9. The fraction of sp³-hybridized carbons (Fsp3) is 0.455. The van der Waals surface area contributed by atoms with Crippen LogP contribution < -0.4 is 15.4 Å². The van der Waals surface area contributed by atoms with Crippen LogP contribution >= 0.6 is 11.3 Å². The number of primary amides is 1. The molecule has 3 unspecified atom stereocenters. The molecular weight excluding hydrogens is 434 g/mol. The zero-order valence-electron chi connectivity index (χ0n) is 16.9. The molecule has 0 radical (unpaired) electrons. The minimum absolute atomic E-state index is 0.0298. The number of nitrogens with two attached hydrogens (primary N) is 1. The van der Waals surface area contributed by atoms with Crippen molar-refractivity contribution < 1.29 is 18.4 Å². The van der Waals surface area contributed by atoms with E-state index in [9.17, 15) is 18.4 Å². The third kappa shape index (κ3) is 3.58. The summed E-state index contributed by atoms with van der Waals surface area (Å²) in [5, 5.41) is 5.57. The number of rotatable bonds is 6. The zero-order valence-corrected chi connectivity index (χ0v) is 18.5. The monoisotopic (exact) mass is 458 g/mol. The summed E-state index contributed by atoms with van der Waals surface area (Å²) < 4.78 is 24.9. The summed E-state index contributed by atoms with van der Waals surface area (Å²) in [7, 11) is 0. The van der Waals surface area contributed by atoms with Gasteiger partial charge in [-0.05, 0) is 85.6 Å². The van der Waals surface area contributed by atoms with Crippen LogP contribution in [0, 0.1) is 23.2 Å². The molecule has 4 fully saturated rings. The Morgan fingerprint density at radius 2 is 1.90 bits per heavy atom. The highest BCUT2D eigenvalue weighted by molar-refractivity contribution is 7.81. The molecule has 164 valence electrons. The Hall–Kier alpha value is -2.23.